The summed E-state index contributed by atoms with van der Waals surface area (Å²) in [7, 11) is -1.01. The van der Waals surface area contributed by atoms with Crippen molar-refractivity contribution in [1.82, 2.24) is 0 Å². The average molecular weight is 212 g/mol. The molecule has 0 fully saturated rings. The van der Waals surface area contributed by atoms with Gasteiger partial charge in [0.25, 0.3) is 0 Å². The molecule has 1 heteroatoms. The SMILES string of the molecule is CCCCC/C=C(\CCC)[Si](C)(C)C. The fraction of sp³-hybridized carbons (Fsp3) is 0.846. The molecule has 0 aromatic rings. The lowest BCUT2D eigenvalue weighted by Crippen LogP contribution is -2.23. The lowest BCUT2D eigenvalue weighted by atomic mass is 10.2. The molecule has 0 aliphatic carbocycles. The number of hydrogen-bond acceptors (Lipinski definition) is 0. The van der Waals surface area contributed by atoms with E-state index in [2.05, 4.69) is 39.6 Å². The third kappa shape index (κ3) is 6.42. The Morgan fingerprint density at radius 1 is 1.00 bits per heavy atom. The molecular weight excluding hydrogens is 184 g/mol. The third-order valence-electron chi connectivity index (χ3n) is 2.68. The Kier molecular flexibility index (Phi) is 7.25. The molecule has 0 nitrogen and oxygen atoms in total. The van der Waals surface area contributed by atoms with Gasteiger partial charge in [-0.3, -0.25) is 0 Å². The van der Waals surface area contributed by atoms with Crippen molar-refractivity contribution in [2.75, 3.05) is 0 Å². The standard InChI is InChI=1S/C13H28Si/c1-6-8-9-10-12-13(11-7-2)14(3,4)5/h12H,6-11H2,1-5H3/b13-12+. The van der Waals surface area contributed by atoms with E-state index in [1.165, 1.54) is 38.5 Å². The monoisotopic (exact) mass is 212 g/mol. The van der Waals surface area contributed by atoms with Crippen molar-refractivity contribution in [1.29, 1.82) is 0 Å². The minimum absolute atomic E-state index is 1.01. The van der Waals surface area contributed by atoms with Crippen LogP contribution in [0.4, 0.5) is 0 Å². The van der Waals surface area contributed by atoms with Crippen LogP contribution < -0.4 is 0 Å². The maximum absolute atomic E-state index is 2.55. The number of unbranched alkanes of at least 4 members (excludes halogenated alkanes) is 3. The molecule has 0 atom stereocenters. The van der Waals surface area contributed by atoms with E-state index < -0.39 is 8.07 Å². The van der Waals surface area contributed by atoms with E-state index in [0.29, 0.717) is 0 Å². The molecule has 0 aliphatic heterocycles. The lowest BCUT2D eigenvalue weighted by molar-refractivity contribution is 0.726. The third-order valence-corrected chi connectivity index (χ3v) is 5.06. The predicted octanol–water partition coefficient (Wildman–Crippen LogP) is 5.17. The Balaban J connectivity index is 4.06. The smallest absolute Gasteiger partial charge is 0.0720 e. The average Bonchev–Trinajstić information content (AvgIpc) is 2.08. The topological polar surface area (TPSA) is 0 Å². The molecule has 0 spiro atoms. The first-order valence-electron chi connectivity index (χ1n) is 6.21. The first-order chi connectivity index (χ1) is 6.52. The molecule has 0 aromatic carbocycles. The highest BCUT2D eigenvalue weighted by Gasteiger charge is 2.17. The van der Waals surface area contributed by atoms with E-state index in [4.69, 9.17) is 0 Å². The van der Waals surface area contributed by atoms with Crippen LogP contribution in [0.1, 0.15) is 52.4 Å². The van der Waals surface area contributed by atoms with Crippen LogP contribution in [-0.2, 0) is 0 Å². The summed E-state index contributed by atoms with van der Waals surface area (Å²) in [4.78, 5) is 0. The van der Waals surface area contributed by atoms with Gasteiger partial charge in [-0.05, 0) is 19.3 Å². The Morgan fingerprint density at radius 3 is 2.07 bits per heavy atom. The van der Waals surface area contributed by atoms with Gasteiger partial charge in [0.15, 0.2) is 0 Å². The number of allylic oxidation sites excluding steroid dienone is 2. The minimum atomic E-state index is -1.01. The number of hydrogen-bond donors (Lipinski definition) is 0. The summed E-state index contributed by atoms with van der Waals surface area (Å²) >= 11 is 0. The molecule has 0 saturated carbocycles. The summed E-state index contributed by atoms with van der Waals surface area (Å²) in [6, 6.07) is 0. The molecule has 0 amide bonds. The Hall–Kier alpha value is -0.0431. The van der Waals surface area contributed by atoms with Crippen molar-refractivity contribution in [2.24, 2.45) is 0 Å². The summed E-state index contributed by atoms with van der Waals surface area (Å²) in [6.07, 6.45) is 10.6. The first-order valence-corrected chi connectivity index (χ1v) is 9.71. The second-order valence-corrected chi connectivity index (χ2v) is 10.4. The molecule has 0 radical (unpaired) electrons. The summed E-state index contributed by atoms with van der Waals surface area (Å²) < 4.78 is 0. The van der Waals surface area contributed by atoms with Gasteiger partial charge in [-0.15, -0.1) is 0 Å². The molecule has 0 unspecified atom stereocenters. The van der Waals surface area contributed by atoms with Crippen molar-refractivity contribution in [2.45, 2.75) is 72.0 Å². The molecular formula is C13H28Si. The van der Waals surface area contributed by atoms with Gasteiger partial charge < -0.3 is 0 Å². The molecule has 0 aromatic heterocycles. The lowest BCUT2D eigenvalue weighted by Gasteiger charge is -2.20. The molecule has 14 heavy (non-hydrogen) atoms. The highest BCUT2D eigenvalue weighted by Crippen LogP contribution is 2.20. The summed E-state index contributed by atoms with van der Waals surface area (Å²) in [5.41, 5.74) is 0. The summed E-state index contributed by atoms with van der Waals surface area (Å²) in [5.74, 6) is 0. The van der Waals surface area contributed by atoms with Crippen LogP contribution in [0.15, 0.2) is 11.3 Å². The minimum Gasteiger partial charge on any atom is -0.0892 e. The molecule has 0 N–H and O–H groups in total. The van der Waals surface area contributed by atoms with Crippen molar-refractivity contribution >= 4 is 8.07 Å². The fourth-order valence-corrected chi connectivity index (χ4v) is 3.48. The quantitative estimate of drug-likeness (QED) is 0.403. The van der Waals surface area contributed by atoms with E-state index in [-0.39, 0.29) is 0 Å². The van der Waals surface area contributed by atoms with E-state index in [9.17, 15) is 0 Å². The van der Waals surface area contributed by atoms with Crippen LogP contribution in [0.5, 0.6) is 0 Å². The van der Waals surface area contributed by atoms with Crippen LogP contribution in [0.25, 0.3) is 0 Å². The van der Waals surface area contributed by atoms with Crippen molar-refractivity contribution in [3.8, 4) is 0 Å². The summed E-state index contributed by atoms with van der Waals surface area (Å²) in [5, 5.41) is 1.79. The van der Waals surface area contributed by atoms with Gasteiger partial charge in [0.05, 0.1) is 8.07 Å². The fourth-order valence-electron chi connectivity index (χ4n) is 1.72. The Morgan fingerprint density at radius 2 is 1.64 bits per heavy atom. The van der Waals surface area contributed by atoms with Crippen molar-refractivity contribution < 1.29 is 0 Å². The van der Waals surface area contributed by atoms with Gasteiger partial charge in [0.1, 0.15) is 0 Å². The molecule has 0 bridgehead atoms. The molecule has 0 heterocycles. The molecule has 0 rings (SSSR count). The second-order valence-electron chi connectivity index (χ2n) is 5.23. The molecule has 0 aliphatic rings. The van der Waals surface area contributed by atoms with Crippen LogP contribution in [0, 0.1) is 0 Å². The highest BCUT2D eigenvalue weighted by atomic mass is 28.3. The van der Waals surface area contributed by atoms with Gasteiger partial charge in [-0.1, -0.05) is 64.0 Å². The maximum atomic E-state index is 2.55. The molecule has 84 valence electrons. The van der Waals surface area contributed by atoms with Crippen LogP contribution in [-0.4, -0.2) is 8.07 Å². The van der Waals surface area contributed by atoms with Gasteiger partial charge in [0.2, 0.25) is 0 Å². The zero-order valence-corrected chi connectivity index (χ0v) is 11.8. The Bertz CT molecular complexity index is 163. The van der Waals surface area contributed by atoms with E-state index in [0.717, 1.165) is 0 Å². The zero-order chi connectivity index (χ0) is 11.0. The second kappa shape index (κ2) is 7.28. The highest BCUT2D eigenvalue weighted by molar-refractivity contribution is 6.83. The van der Waals surface area contributed by atoms with Gasteiger partial charge in [-0.2, -0.15) is 0 Å². The van der Waals surface area contributed by atoms with Crippen LogP contribution in [0.2, 0.25) is 19.6 Å². The first kappa shape index (κ1) is 14.0. The van der Waals surface area contributed by atoms with Crippen LogP contribution in [0.3, 0.4) is 0 Å². The van der Waals surface area contributed by atoms with E-state index in [1.807, 2.05) is 0 Å². The van der Waals surface area contributed by atoms with Gasteiger partial charge in [0, 0.05) is 0 Å². The van der Waals surface area contributed by atoms with Crippen molar-refractivity contribution in [3.63, 3.8) is 0 Å². The molecule has 0 saturated heterocycles. The maximum Gasteiger partial charge on any atom is 0.0720 e. The van der Waals surface area contributed by atoms with Gasteiger partial charge >= 0.3 is 0 Å². The van der Waals surface area contributed by atoms with E-state index >= 15 is 0 Å². The predicted molar refractivity (Wildman–Crippen MR) is 70.5 cm³/mol. The largest absolute Gasteiger partial charge is 0.0892 e. The normalized spacial score (nSPS) is 13.4. The summed E-state index contributed by atoms with van der Waals surface area (Å²) in [6.45, 7) is 12.0. The van der Waals surface area contributed by atoms with Crippen LogP contribution >= 0.6 is 0 Å². The van der Waals surface area contributed by atoms with Gasteiger partial charge in [-0.25, -0.2) is 0 Å². The Labute approximate surface area is 91.8 Å². The van der Waals surface area contributed by atoms with Crippen molar-refractivity contribution in [3.05, 3.63) is 11.3 Å². The zero-order valence-electron chi connectivity index (χ0n) is 10.8. The number of rotatable bonds is 7. The van der Waals surface area contributed by atoms with E-state index in [1.54, 1.807) is 5.20 Å².